The predicted molar refractivity (Wildman–Crippen MR) is 116 cm³/mol. The van der Waals surface area contributed by atoms with E-state index in [0.717, 1.165) is 0 Å². The zero-order valence-corrected chi connectivity index (χ0v) is 18.8. The summed E-state index contributed by atoms with van der Waals surface area (Å²) in [7, 11) is 0. The van der Waals surface area contributed by atoms with Crippen molar-refractivity contribution < 1.29 is 19.6 Å². The van der Waals surface area contributed by atoms with Gasteiger partial charge in [0.25, 0.3) is 0 Å². The molecule has 2 unspecified atom stereocenters. The second-order valence-electron chi connectivity index (χ2n) is 8.53. The number of amides is 3. The van der Waals surface area contributed by atoms with Crippen molar-refractivity contribution >= 4 is 24.0 Å². The lowest BCUT2D eigenvalue weighted by Crippen LogP contribution is -2.54. The number of rotatable bonds is 12. The van der Waals surface area contributed by atoms with E-state index in [1.165, 1.54) is 0 Å². The lowest BCUT2D eigenvalue weighted by Gasteiger charge is -2.35. The Morgan fingerprint density at radius 2 is 1.83 bits per heavy atom. The van der Waals surface area contributed by atoms with E-state index in [1.807, 2.05) is 41.5 Å². The molecule has 0 radical (unpaired) electrons. The molecule has 168 valence electrons. The molecule has 0 aliphatic heterocycles. The molecule has 3 N–H and O–H groups in total. The number of hydroxylamine groups is 2. The number of hydrogen-bond acceptors (Lipinski definition) is 5. The number of nitrogens with one attached hydrogen (secondary N) is 2. The van der Waals surface area contributed by atoms with E-state index in [0.29, 0.717) is 30.1 Å². The normalized spacial score (nSPS) is 15.2. The van der Waals surface area contributed by atoms with Crippen LogP contribution in [0, 0.1) is 23.7 Å². The molecule has 1 rings (SSSR count). The third-order valence-corrected chi connectivity index (χ3v) is 5.28. The molecule has 1 aromatic heterocycles. The first-order valence-electron chi connectivity index (χ1n) is 10.6. The fourth-order valence-electron chi connectivity index (χ4n) is 3.54. The van der Waals surface area contributed by atoms with Gasteiger partial charge in [-0.1, -0.05) is 54.0 Å². The Hall–Kier alpha value is -2.48. The topological polar surface area (TPSA) is 112 Å². The minimum Gasteiger partial charge on any atom is -0.344 e. The highest BCUT2D eigenvalue weighted by atomic mass is 16.5. The van der Waals surface area contributed by atoms with Crippen molar-refractivity contribution in [3.63, 3.8) is 0 Å². The van der Waals surface area contributed by atoms with Gasteiger partial charge in [0.2, 0.25) is 18.2 Å². The van der Waals surface area contributed by atoms with E-state index in [1.54, 1.807) is 24.4 Å². The summed E-state index contributed by atoms with van der Waals surface area (Å²) in [6.45, 7) is 11.5. The van der Waals surface area contributed by atoms with Crippen molar-refractivity contribution in [2.45, 2.75) is 66.5 Å². The first-order chi connectivity index (χ1) is 14.1. The van der Waals surface area contributed by atoms with Gasteiger partial charge in [-0.05, 0) is 36.3 Å². The van der Waals surface area contributed by atoms with Crippen LogP contribution in [0.25, 0.3) is 0 Å². The molecule has 4 atom stereocenters. The Morgan fingerprint density at radius 3 is 2.30 bits per heavy atom. The van der Waals surface area contributed by atoms with Gasteiger partial charge in [-0.2, -0.15) is 0 Å². The van der Waals surface area contributed by atoms with Crippen LogP contribution in [0.1, 0.15) is 54.4 Å². The van der Waals surface area contributed by atoms with Crippen LogP contribution in [-0.4, -0.2) is 45.6 Å². The summed E-state index contributed by atoms with van der Waals surface area (Å²) < 4.78 is 0. The fourth-order valence-corrected chi connectivity index (χ4v) is 3.54. The molecule has 0 aliphatic rings. The Bertz CT molecular complexity index is 681. The van der Waals surface area contributed by atoms with Crippen LogP contribution >= 0.6 is 0 Å². The average molecular weight is 421 g/mol. The Morgan fingerprint density at radius 1 is 1.17 bits per heavy atom. The van der Waals surface area contributed by atoms with Gasteiger partial charge in [0, 0.05) is 6.20 Å². The monoisotopic (exact) mass is 420 g/mol. The summed E-state index contributed by atoms with van der Waals surface area (Å²) in [6.07, 6.45) is 3.05. The fraction of sp³-hybridized carbons (Fsp3) is 0.636. The van der Waals surface area contributed by atoms with Crippen LogP contribution in [0.5, 0.6) is 0 Å². The zero-order valence-electron chi connectivity index (χ0n) is 18.8. The van der Waals surface area contributed by atoms with Gasteiger partial charge in [0.1, 0.15) is 11.9 Å². The molecular weight excluding hydrogens is 384 g/mol. The number of aromatic nitrogens is 1. The largest absolute Gasteiger partial charge is 0.344 e. The van der Waals surface area contributed by atoms with Crippen LogP contribution in [0.15, 0.2) is 24.4 Å². The predicted octanol–water partition coefficient (Wildman–Crippen LogP) is 3.09. The summed E-state index contributed by atoms with van der Waals surface area (Å²) in [5.74, 6) is -1.07. The Labute approximate surface area is 179 Å². The van der Waals surface area contributed by atoms with Crippen molar-refractivity contribution in [1.82, 2.24) is 15.4 Å². The molecule has 3 amide bonds. The van der Waals surface area contributed by atoms with Crippen molar-refractivity contribution in [2.24, 2.45) is 23.7 Å². The maximum atomic E-state index is 13.3. The lowest BCUT2D eigenvalue weighted by molar-refractivity contribution is -0.174. The van der Waals surface area contributed by atoms with Crippen molar-refractivity contribution in [3.05, 3.63) is 24.4 Å². The van der Waals surface area contributed by atoms with Crippen molar-refractivity contribution in [2.75, 3.05) is 5.32 Å². The molecule has 30 heavy (non-hydrogen) atoms. The van der Waals surface area contributed by atoms with E-state index >= 15 is 0 Å². The summed E-state index contributed by atoms with van der Waals surface area (Å²) in [4.78, 5) is 41.5. The number of hydrogen-bond donors (Lipinski definition) is 3. The van der Waals surface area contributed by atoms with E-state index in [2.05, 4.69) is 15.6 Å². The molecule has 0 spiro atoms. The van der Waals surface area contributed by atoms with Gasteiger partial charge in [-0.3, -0.25) is 19.6 Å². The van der Waals surface area contributed by atoms with E-state index < -0.39 is 18.0 Å². The minimum absolute atomic E-state index is 0.119. The van der Waals surface area contributed by atoms with Crippen LogP contribution < -0.4 is 10.6 Å². The molecule has 1 heterocycles. The summed E-state index contributed by atoms with van der Waals surface area (Å²) in [5.41, 5.74) is 0. The maximum absolute atomic E-state index is 13.3. The maximum Gasteiger partial charge on any atom is 0.248 e. The Balaban J connectivity index is 3.12. The number of carbonyl (C=O) groups is 3. The second-order valence-corrected chi connectivity index (χ2v) is 8.53. The lowest BCUT2D eigenvalue weighted by atomic mass is 9.83. The third-order valence-electron chi connectivity index (χ3n) is 5.28. The third kappa shape index (κ3) is 7.40. The molecule has 1 aromatic rings. The second kappa shape index (κ2) is 12.3. The van der Waals surface area contributed by atoms with Gasteiger partial charge < -0.3 is 10.6 Å². The van der Waals surface area contributed by atoms with Crippen LogP contribution in [0.3, 0.4) is 0 Å². The zero-order chi connectivity index (χ0) is 22.8. The number of nitrogens with zero attached hydrogens (tertiary/aromatic N) is 2. The molecule has 8 heteroatoms. The van der Waals surface area contributed by atoms with Crippen LogP contribution in [0.4, 0.5) is 5.82 Å². The molecule has 0 bridgehead atoms. The molecule has 0 saturated carbocycles. The highest BCUT2D eigenvalue weighted by molar-refractivity contribution is 5.97. The first-order valence-corrected chi connectivity index (χ1v) is 10.6. The highest BCUT2D eigenvalue weighted by Crippen LogP contribution is 2.25. The molecule has 0 aliphatic carbocycles. The SMILES string of the molecule is CC[C@H](C)[C@H](NC(=O)C(CC(C)C)C(C(C)C)N(O)C=O)C(=O)Nc1ccccn1. The number of pyridine rings is 1. The van der Waals surface area contributed by atoms with Gasteiger partial charge in [0.05, 0.1) is 12.0 Å². The Kier molecular flexibility index (Phi) is 10.5. The van der Waals surface area contributed by atoms with Gasteiger partial charge in [-0.15, -0.1) is 0 Å². The standard InChI is InChI=1S/C22H36N4O4/c1-7-16(6)19(22(29)24-18-10-8-9-11-23-18)25-21(28)17(12-14(2)3)20(15(4)5)26(30)13-27/h8-11,13-17,19-20,30H,7,12H2,1-6H3,(H,25,28)(H,23,24,29)/t16-,17?,19-,20?/m0/s1. The van der Waals surface area contributed by atoms with E-state index in [4.69, 9.17) is 0 Å². The average Bonchev–Trinajstić information content (AvgIpc) is 2.70. The molecule has 0 fully saturated rings. The molecule has 0 saturated heterocycles. The summed E-state index contributed by atoms with van der Waals surface area (Å²) in [5, 5.41) is 16.3. The van der Waals surface area contributed by atoms with Crippen molar-refractivity contribution in [1.29, 1.82) is 0 Å². The van der Waals surface area contributed by atoms with E-state index in [9.17, 15) is 19.6 Å². The van der Waals surface area contributed by atoms with Crippen molar-refractivity contribution in [3.8, 4) is 0 Å². The number of carbonyl (C=O) groups excluding carboxylic acids is 3. The molecule has 8 nitrogen and oxygen atoms in total. The van der Waals surface area contributed by atoms with Crippen LogP contribution in [0.2, 0.25) is 0 Å². The van der Waals surface area contributed by atoms with Gasteiger partial charge in [0.15, 0.2) is 0 Å². The summed E-state index contributed by atoms with van der Waals surface area (Å²) in [6, 6.07) is 3.73. The number of anilines is 1. The first kappa shape index (κ1) is 25.6. The smallest absolute Gasteiger partial charge is 0.248 e. The minimum atomic E-state index is -0.768. The molecule has 0 aromatic carbocycles. The molecular formula is C22H36N4O4. The van der Waals surface area contributed by atoms with Crippen LogP contribution in [-0.2, 0) is 14.4 Å². The quantitative estimate of drug-likeness (QED) is 0.273. The highest BCUT2D eigenvalue weighted by Gasteiger charge is 2.37. The van der Waals surface area contributed by atoms with Gasteiger partial charge in [-0.25, -0.2) is 10.0 Å². The van der Waals surface area contributed by atoms with E-state index in [-0.39, 0.29) is 29.6 Å². The summed E-state index contributed by atoms with van der Waals surface area (Å²) >= 11 is 0. The van der Waals surface area contributed by atoms with Gasteiger partial charge >= 0.3 is 0 Å².